The molecule has 186 valence electrons. The van der Waals surface area contributed by atoms with Crippen LogP contribution in [-0.4, -0.2) is 53.1 Å². The number of carbonyl (C=O) groups is 1. The van der Waals surface area contributed by atoms with E-state index in [1.165, 1.54) is 23.9 Å². The van der Waals surface area contributed by atoms with Gasteiger partial charge >= 0.3 is 10.3 Å². The van der Waals surface area contributed by atoms with Gasteiger partial charge in [-0.2, -0.15) is 8.42 Å². The van der Waals surface area contributed by atoms with Crippen molar-refractivity contribution in [2.24, 2.45) is 11.1 Å². The fraction of sp³-hybridized carbons (Fsp3) is 0.318. The molecular weight excluding hydrogens is 516 g/mol. The molecule has 0 radical (unpaired) electrons. The number of aromatic nitrogens is 2. The van der Waals surface area contributed by atoms with Gasteiger partial charge in [-0.25, -0.2) is 15.1 Å². The highest BCUT2D eigenvalue weighted by atomic mass is 35.5. The average Bonchev–Trinajstić information content (AvgIpc) is 3.43. The Balaban J connectivity index is 1.47. The van der Waals surface area contributed by atoms with Gasteiger partial charge in [0, 0.05) is 23.2 Å². The van der Waals surface area contributed by atoms with Gasteiger partial charge in [0.05, 0.1) is 23.2 Å². The molecule has 3 aromatic rings. The number of ketones is 1. The lowest BCUT2D eigenvalue weighted by atomic mass is 10.0. The summed E-state index contributed by atoms with van der Waals surface area (Å²) in [6.07, 6.45) is 1.66. The van der Waals surface area contributed by atoms with E-state index >= 15 is 0 Å². The minimum atomic E-state index is -4.10. The first-order chi connectivity index (χ1) is 16.6. The van der Waals surface area contributed by atoms with Gasteiger partial charge in [0.25, 0.3) is 0 Å². The lowest BCUT2D eigenvalue weighted by molar-refractivity contribution is 0.101. The molecule has 0 bridgehead atoms. The van der Waals surface area contributed by atoms with E-state index in [9.17, 15) is 23.4 Å². The summed E-state index contributed by atoms with van der Waals surface area (Å²) in [5, 5.41) is 31.2. The number of anilines is 1. The zero-order valence-corrected chi connectivity index (χ0v) is 20.6. The Bertz CT molecular complexity index is 1320. The summed E-state index contributed by atoms with van der Waals surface area (Å²) in [4.78, 5) is 21.8. The van der Waals surface area contributed by atoms with Gasteiger partial charge in [-0.3, -0.25) is 8.98 Å². The molecule has 0 unspecified atom stereocenters. The van der Waals surface area contributed by atoms with Crippen molar-refractivity contribution in [2.45, 2.75) is 31.1 Å². The summed E-state index contributed by atoms with van der Waals surface area (Å²) in [6, 6.07) is 8.21. The van der Waals surface area contributed by atoms with Crippen LogP contribution in [0.1, 0.15) is 45.3 Å². The van der Waals surface area contributed by atoms with E-state index in [2.05, 4.69) is 19.5 Å². The van der Waals surface area contributed by atoms with Crippen molar-refractivity contribution in [1.82, 2.24) is 9.97 Å². The molecule has 0 aliphatic heterocycles. The number of aliphatic hydroxyl groups excluding tert-OH is 2. The summed E-state index contributed by atoms with van der Waals surface area (Å²) >= 11 is 7.21. The third-order valence-corrected chi connectivity index (χ3v) is 7.37. The van der Waals surface area contributed by atoms with Gasteiger partial charge in [0.1, 0.15) is 18.2 Å². The van der Waals surface area contributed by atoms with Crippen LogP contribution in [0, 0.1) is 5.92 Å². The molecule has 5 N–H and O–H groups in total. The van der Waals surface area contributed by atoms with Crippen molar-refractivity contribution < 1.29 is 27.6 Å². The van der Waals surface area contributed by atoms with E-state index in [4.69, 9.17) is 16.7 Å². The predicted octanol–water partition coefficient (Wildman–Crippen LogP) is 2.28. The summed E-state index contributed by atoms with van der Waals surface area (Å²) in [5.41, 5.74) is 1.40. The van der Waals surface area contributed by atoms with Crippen LogP contribution in [0.25, 0.3) is 0 Å². The van der Waals surface area contributed by atoms with Gasteiger partial charge < -0.3 is 15.5 Å². The Morgan fingerprint density at radius 1 is 1.31 bits per heavy atom. The highest BCUT2D eigenvalue weighted by Crippen LogP contribution is 2.32. The molecule has 1 aliphatic carbocycles. The molecule has 1 aromatic carbocycles. The predicted molar refractivity (Wildman–Crippen MR) is 130 cm³/mol. The van der Waals surface area contributed by atoms with E-state index < -0.39 is 28.4 Å². The van der Waals surface area contributed by atoms with Gasteiger partial charge in [-0.15, -0.1) is 11.3 Å². The largest absolute Gasteiger partial charge is 0.393 e. The van der Waals surface area contributed by atoms with Crippen LogP contribution in [-0.2, 0) is 14.5 Å². The number of hydrogen-bond donors (Lipinski definition) is 4. The maximum Gasteiger partial charge on any atom is 0.333 e. The van der Waals surface area contributed by atoms with Crippen LogP contribution < -0.4 is 10.5 Å². The molecule has 2 aromatic heterocycles. The monoisotopic (exact) mass is 538 g/mol. The molecule has 1 fully saturated rings. The minimum absolute atomic E-state index is 0.233. The SMILES string of the molecule is NS(=O)(=O)OC[C@H]1C[C@@H](Nc2ncncc2C(=O)c2cc([C@@H](O)c3cccc(Cl)c3)cs2)C[C@@H]1O. The lowest BCUT2D eigenvalue weighted by Crippen LogP contribution is -2.24. The van der Waals surface area contributed by atoms with Crippen LogP contribution in [0.4, 0.5) is 5.82 Å². The second-order valence-corrected chi connectivity index (χ2v) is 10.8. The van der Waals surface area contributed by atoms with Crippen molar-refractivity contribution in [3.63, 3.8) is 0 Å². The zero-order chi connectivity index (χ0) is 25.2. The number of benzene rings is 1. The number of halogens is 1. The third kappa shape index (κ3) is 6.41. The topological polar surface area (TPSA) is 165 Å². The maximum absolute atomic E-state index is 13.2. The van der Waals surface area contributed by atoms with Crippen LogP contribution in [0.15, 0.2) is 48.2 Å². The quantitative estimate of drug-likeness (QED) is 0.299. The molecule has 10 nitrogen and oxygen atoms in total. The highest BCUT2D eigenvalue weighted by molar-refractivity contribution is 7.84. The number of rotatable bonds is 9. The van der Waals surface area contributed by atoms with E-state index in [0.29, 0.717) is 39.7 Å². The van der Waals surface area contributed by atoms with Crippen LogP contribution in [0.3, 0.4) is 0 Å². The third-order valence-electron chi connectivity index (χ3n) is 5.73. The smallest absolute Gasteiger partial charge is 0.333 e. The zero-order valence-electron chi connectivity index (χ0n) is 18.2. The summed E-state index contributed by atoms with van der Waals surface area (Å²) in [7, 11) is -4.10. The standard InChI is InChI=1S/C22H23ClN4O6S2/c23-15-3-1-2-12(4-15)20(29)14-6-19(34-10-14)21(30)17-8-25-11-26-22(17)27-16-5-13(18(28)7-16)9-33-35(24,31)32/h1-4,6,8,10-11,13,16,18,20,28-29H,5,7,9H2,(H2,24,31,32)(H,25,26,27)/t13-,16-,18+,20+/m1/s1. The number of nitrogens with two attached hydrogens (primary N) is 1. The highest BCUT2D eigenvalue weighted by Gasteiger charge is 2.35. The Kier molecular flexibility index (Phi) is 7.81. The number of hydrogen-bond acceptors (Lipinski definition) is 10. The van der Waals surface area contributed by atoms with Crippen molar-refractivity contribution in [1.29, 1.82) is 0 Å². The van der Waals surface area contributed by atoms with Crippen molar-refractivity contribution in [2.75, 3.05) is 11.9 Å². The molecule has 4 atom stereocenters. The summed E-state index contributed by atoms with van der Waals surface area (Å²) in [6.45, 7) is -0.235. The molecule has 0 spiro atoms. The fourth-order valence-electron chi connectivity index (χ4n) is 4.00. The van der Waals surface area contributed by atoms with Crippen molar-refractivity contribution in [3.8, 4) is 0 Å². The Morgan fingerprint density at radius 3 is 2.86 bits per heavy atom. The van der Waals surface area contributed by atoms with E-state index in [0.717, 1.165) is 0 Å². The summed E-state index contributed by atoms with van der Waals surface area (Å²) in [5.74, 6) is -0.476. The Hall–Kier alpha value is -2.45. The van der Waals surface area contributed by atoms with Crippen LogP contribution in [0.2, 0.25) is 5.02 Å². The molecule has 35 heavy (non-hydrogen) atoms. The van der Waals surface area contributed by atoms with Gasteiger partial charge in [-0.1, -0.05) is 23.7 Å². The molecule has 13 heteroatoms. The first-order valence-corrected chi connectivity index (χ1v) is 13.3. The van der Waals surface area contributed by atoms with E-state index in [1.54, 1.807) is 35.7 Å². The molecule has 0 saturated heterocycles. The number of carbonyl (C=O) groups excluding carboxylic acids is 1. The van der Waals surface area contributed by atoms with Gasteiger partial charge in [-0.05, 0) is 47.5 Å². The number of nitrogens with one attached hydrogen (secondary N) is 1. The van der Waals surface area contributed by atoms with Crippen LogP contribution >= 0.6 is 22.9 Å². The minimum Gasteiger partial charge on any atom is -0.393 e. The molecule has 4 rings (SSSR count). The number of aliphatic hydroxyl groups is 2. The molecule has 0 amide bonds. The van der Waals surface area contributed by atoms with Crippen LogP contribution in [0.5, 0.6) is 0 Å². The summed E-state index contributed by atoms with van der Waals surface area (Å²) < 4.78 is 26.7. The second kappa shape index (κ2) is 10.7. The molecule has 1 saturated carbocycles. The van der Waals surface area contributed by atoms with Gasteiger partial charge in [0.2, 0.25) is 5.78 Å². The second-order valence-electron chi connectivity index (χ2n) is 8.23. The number of nitrogens with zero attached hydrogens (tertiary/aromatic N) is 2. The van der Waals surface area contributed by atoms with Crippen molar-refractivity contribution >= 4 is 44.8 Å². The van der Waals surface area contributed by atoms with E-state index in [-0.39, 0.29) is 24.0 Å². The van der Waals surface area contributed by atoms with Crippen molar-refractivity contribution in [3.05, 3.63) is 74.8 Å². The van der Waals surface area contributed by atoms with Gasteiger partial charge in [0.15, 0.2) is 0 Å². The molecule has 2 heterocycles. The number of thiophene rings is 1. The lowest BCUT2D eigenvalue weighted by Gasteiger charge is -2.15. The normalized spacial score (nSPS) is 21.1. The fourth-order valence-corrected chi connectivity index (χ4v) is 5.45. The molecule has 1 aliphatic rings. The van der Waals surface area contributed by atoms with E-state index in [1.807, 2.05) is 0 Å². The first-order valence-electron chi connectivity index (χ1n) is 10.6. The maximum atomic E-state index is 13.2. The Labute approximate surface area is 211 Å². The average molecular weight is 539 g/mol. The molecular formula is C22H23ClN4O6S2. The Morgan fingerprint density at radius 2 is 2.11 bits per heavy atom. The first kappa shape index (κ1) is 25.6.